The van der Waals surface area contributed by atoms with Crippen molar-refractivity contribution < 1.29 is 4.39 Å². The Morgan fingerprint density at radius 3 is 2.82 bits per heavy atom. The Balaban J connectivity index is 2.15. The largest absolute Gasteiger partial charge is 0.368 e. The molecule has 17 heavy (non-hydrogen) atoms. The summed E-state index contributed by atoms with van der Waals surface area (Å²) in [4.78, 5) is 6.25. The van der Waals surface area contributed by atoms with Gasteiger partial charge in [-0.2, -0.15) is 0 Å². The summed E-state index contributed by atoms with van der Waals surface area (Å²) in [6, 6.07) is 3.59. The van der Waals surface area contributed by atoms with Crippen molar-refractivity contribution in [3.05, 3.63) is 24.1 Å². The lowest BCUT2D eigenvalue weighted by atomic mass is 10.2. The molecule has 0 fully saturated rings. The van der Waals surface area contributed by atoms with Gasteiger partial charge < -0.3 is 10.2 Å². The maximum Gasteiger partial charge on any atom is 0.165 e. The predicted octanol–water partition coefficient (Wildman–Crippen LogP) is 2.75. The number of nitrogens with zero attached hydrogens (tertiary/aromatic N) is 2. The van der Waals surface area contributed by atoms with E-state index in [0.29, 0.717) is 11.9 Å². The summed E-state index contributed by atoms with van der Waals surface area (Å²) < 4.78 is 13.2. The third-order valence-corrected chi connectivity index (χ3v) is 2.87. The minimum absolute atomic E-state index is 0.285. The van der Waals surface area contributed by atoms with Gasteiger partial charge in [-0.1, -0.05) is 0 Å². The summed E-state index contributed by atoms with van der Waals surface area (Å²) in [6.45, 7) is 6.20. The molecule has 4 heteroatoms. The molecule has 96 valence electrons. The molecule has 0 radical (unpaired) electrons. The van der Waals surface area contributed by atoms with E-state index in [2.05, 4.69) is 36.1 Å². The molecule has 0 unspecified atom stereocenters. The number of anilines is 1. The molecule has 0 aliphatic carbocycles. The summed E-state index contributed by atoms with van der Waals surface area (Å²) in [5.41, 5.74) is 0. The fourth-order valence-electron chi connectivity index (χ4n) is 1.47. The highest BCUT2D eigenvalue weighted by atomic mass is 19.1. The van der Waals surface area contributed by atoms with Gasteiger partial charge in [0.25, 0.3) is 0 Å². The van der Waals surface area contributed by atoms with Crippen LogP contribution in [0.5, 0.6) is 0 Å². The fourth-order valence-corrected chi connectivity index (χ4v) is 1.47. The zero-order chi connectivity index (χ0) is 12.7. The number of hydrogen-bond donors (Lipinski definition) is 1. The van der Waals surface area contributed by atoms with Gasteiger partial charge >= 0.3 is 0 Å². The summed E-state index contributed by atoms with van der Waals surface area (Å²) in [7, 11) is 2.12. The van der Waals surface area contributed by atoms with Gasteiger partial charge in [-0.15, -0.1) is 0 Å². The number of unbranched alkanes of at least 4 members (excludes halogenated alkanes) is 1. The lowest BCUT2D eigenvalue weighted by molar-refractivity contribution is 0.269. The molecule has 1 aromatic heterocycles. The molecule has 0 aliphatic heterocycles. The molecule has 0 saturated carbocycles. The molecule has 0 atom stereocenters. The van der Waals surface area contributed by atoms with Gasteiger partial charge in [0.1, 0.15) is 0 Å². The van der Waals surface area contributed by atoms with Crippen LogP contribution < -0.4 is 5.32 Å². The first-order valence-corrected chi connectivity index (χ1v) is 6.16. The standard InChI is InChI=1S/C13H22FN3/c1-11(2)17(3)10-5-4-8-15-13-12(14)7-6-9-16-13/h6-7,9,11H,4-5,8,10H2,1-3H3,(H,15,16). The Morgan fingerprint density at radius 2 is 2.18 bits per heavy atom. The van der Waals surface area contributed by atoms with E-state index in [9.17, 15) is 4.39 Å². The van der Waals surface area contributed by atoms with Gasteiger partial charge in [0, 0.05) is 18.8 Å². The molecular weight excluding hydrogens is 217 g/mol. The lowest BCUT2D eigenvalue weighted by Crippen LogP contribution is -2.27. The number of halogens is 1. The minimum Gasteiger partial charge on any atom is -0.368 e. The molecular formula is C13H22FN3. The van der Waals surface area contributed by atoms with E-state index in [1.807, 2.05) is 0 Å². The Hall–Kier alpha value is -1.16. The Kier molecular flexibility index (Phi) is 5.91. The third kappa shape index (κ3) is 5.13. The molecule has 0 spiro atoms. The molecule has 1 heterocycles. The number of hydrogen-bond acceptors (Lipinski definition) is 3. The van der Waals surface area contributed by atoms with Gasteiger partial charge in [-0.25, -0.2) is 9.37 Å². The molecule has 3 nitrogen and oxygen atoms in total. The van der Waals surface area contributed by atoms with Crippen LogP contribution in [-0.2, 0) is 0 Å². The number of nitrogens with one attached hydrogen (secondary N) is 1. The second-order valence-electron chi connectivity index (χ2n) is 4.54. The van der Waals surface area contributed by atoms with Crippen LogP contribution >= 0.6 is 0 Å². The average molecular weight is 239 g/mol. The zero-order valence-corrected chi connectivity index (χ0v) is 10.9. The van der Waals surface area contributed by atoms with Crippen molar-refractivity contribution in [1.82, 2.24) is 9.88 Å². The quantitative estimate of drug-likeness (QED) is 0.742. The highest BCUT2D eigenvalue weighted by Crippen LogP contribution is 2.08. The van der Waals surface area contributed by atoms with Gasteiger partial charge in [-0.3, -0.25) is 0 Å². The minimum atomic E-state index is -0.285. The maximum atomic E-state index is 13.2. The molecule has 0 bridgehead atoms. The number of pyridine rings is 1. The molecule has 1 rings (SSSR count). The highest BCUT2D eigenvalue weighted by molar-refractivity contribution is 5.35. The van der Waals surface area contributed by atoms with Crippen LogP contribution in [0.2, 0.25) is 0 Å². The average Bonchev–Trinajstić information content (AvgIpc) is 2.30. The highest BCUT2D eigenvalue weighted by Gasteiger charge is 2.03. The zero-order valence-electron chi connectivity index (χ0n) is 10.9. The Morgan fingerprint density at radius 1 is 1.41 bits per heavy atom. The van der Waals surface area contributed by atoms with E-state index in [-0.39, 0.29) is 5.82 Å². The second-order valence-corrected chi connectivity index (χ2v) is 4.54. The van der Waals surface area contributed by atoms with Gasteiger partial charge in [0.2, 0.25) is 0 Å². The molecule has 1 N–H and O–H groups in total. The number of rotatable bonds is 7. The van der Waals surface area contributed by atoms with Crippen molar-refractivity contribution in [2.75, 3.05) is 25.5 Å². The summed E-state index contributed by atoms with van der Waals surface area (Å²) in [6.07, 6.45) is 3.72. The SMILES string of the molecule is CC(C)N(C)CCCCNc1ncccc1F. The monoisotopic (exact) mass is 239 g/mol. The summed E-state index contributed by atoms with van der Waals surface area (Å²) in [5, 5.41) is 3.01. The molecule has 0 amide bonds. The molecule has 1 aromatic rings. The van der Waals surface area contributed by atoms with Crippen LogP contribution in [0.4, 0.5) is 10.2 Å². The van der Waals surface area contributed by atoms with E-state index in [1.165, 1.54) is 6.07 Å². The van der Waals surface area contributed by atoms with E-state index < -0.39 is 0 Å². The van der Waals surface area contributed by atoms with Crippen LogP contribution in [0.1, 0.15) is 26.7 Å². The van der Waals surface area contributed by atoms with Crippen molar-refractivity contribution in [2.24, 2.45) is 0 Å². The third-order valence-electron chi connectivity index (χ3n) is 2.87. The number of aromatic nitrogens is 1. The Labute approximate surface area is 103 Å². The van der Waals surface area contributed by atoms with Crippen molar-refractivity contribution in [1.29, 1.82) is 0 Å². The van der Waals surface area contributed by atoms with E-state index in [1.54, 1.807) is 12.3 Å². The second kappa shape index (κ2) is 7.22. The topological polar surface area (TPSA) is 28.2 Å². The van der Waals surface area contributed by atoms with Crippen LogP contribution in [0.25, 0.3) is 0 Å². The van der Waals surface area contributed by atoms with Crippen LogP contribution in [0, 0.1) is 5.82 Å². The maximum absolute atomic E-state index is 13.2. The normalized spacial score (nSPS) is 11.2. The van der Waals surface area contributed by atoms with Crippen LogP contribution in [0.15, 0.2) is 18.3 Å². The first-order chi connectivity index (χ1) is 8.11. The summed E-state index contributed by atoms with van der Waals surface area (Å²) in [5.74, 6) is 0.0662. The summed E-state index contributed by atoms with van der Waals surface area (Å²) >= 11 is 0. The predicted molar refractivity (Wildman–Crippen MR) is 69.7 cm³/mol. The van der Waals surface area contributed by atoms with Crippen LogP contribution in [-0.4, -0.2) is 36.1 Å². The van der Waals surface area contributed by atoms with E-state index in [4.69, 9.17) is 0 Å². The first kappa shape index (κ1) is 13.9. The lowest BCUT2D eigenvalue weighted by Gasteiger charge is -2.20. The van der Waals surface area contributed by atoms with Gasteiger partial charge in [0.15, 0.2) is 11.6 Å². The van der Waals surface area contributed by atoms with Crippen molar-refractivity contribution in [2.45, 2.75) is 32.7 Å². The van der Waals surface area contributed by atoms with Gasteiger partial charge in [0.05, 0.1) is 0 Å². The molecule has 0 aliphatic rings. The van der Waals surface area contributed by atoms with Crippen molar-refractivity contribution >= 4 is 5.82 Å². The van der Waals surface area contributed by atoms with E-state index >= 15 is 0 Å². The molecule has 0 saturated heterocycles. The van der Waals surface area contributed by atoms with E-state index in [0.717, 1.165) is 25.9 Å². The first-order valence-electron chi connectivity index (χ1n) is 6.16. The smallest absolute Gasteiger partial charge is 0.165 e. The Bertz CT molecular complexity index is 328. The van der Waals surface area contributed by atoms with Crippen LogP contribution in [0.3, 0.4) is 0 Å². The fraction of sp³-hybridized carbons (Fsp3) is 0.615. The molecule has 0 aromatic carbocycles. The van der Waals surface area contributed by atoms with Crippen molar-refractivity contribution in [3.63, 3.8) is 0 Å². The van der Waals surface area contributed by atoms with Crippen molar-refractivity contribution in [3.8, 4) is 0 Å². The van der Waals surface area contributed by atoms with Gasteiger partial charge in [-0.05, 0) is 52.4 Å².